The number of nitrogens with one attached hydrogen (secondary N) is 1. The van der Waals surface area contributed by atoms with Crippen molar-refractivity contribution >= 4 is 40.8 Å². The zero-order valence-corrected chi connectivity index (χ0v) is 29.4. The number of fused-ring (bicyclic) bond motifs is 4. The fourth-order valence-corrected chi connectivity index (χ4v) is 9.38. The largest absolute Gasteiger partial charge is 0.507 e. The van der Waals surface area contributed by atoms with Gasteiger partial charge in [-0.25, -0.2) is 0 Å². The van der Waals surface area contributed by atoms with Crippen molar-refractivity contribution in [3.05, 3.63) is 136 Å². The van der Waals surface area contributed by atoms with Crippen molar-refractivity contribution < 1.29 is 29.1 Å². The van der Waals surface area contributed by atoms with Gasteiger partial charge in [-0.05, 0) is 105 Å². The Bertz CT molecular complexity index is 2190. The van der Waals surface area contributed by atoms with E-state index in [0.717, 1.165) is 21.7 Å². The molecule has 0 aromatic heterocycles. The molecular formula is C43H39N3O6. The summed E-state index contributed by atoms with van der Waals surface area (Å²) in [5.74, 6) is -4.92. The molecule has 2 N–H and O–H groups in total. The van der Waals surface area contributed by atoms with Crippen molar-refractivity contribution in [2.75, 3.05) is 10.3 Å². The van der Waals surface area contributed by atoms with E-state index in [9.17, 15) is 24.3 Å². The first kappa shape index (κ1) is 33.3. The highest BCUT2D eigenvalue weighted by Crippen LogP contribution is 2.64. The summed E-state index contributed by atoms with van der Waals surface area (Å²) in [6.07, 6.45) is 2.50. The molecule has 2 aliphatic heterocycles. The summed E-state index contributed by atoms with van der Waals surface area (Å²) in [4.78, 5) is 72.0. The number of Topliss-reactive ketones (excluding diaryl/α,β-unsaturated/α-hetero) is 1. The van der Waals surface area contributed by atoms with Crippen molar-refractivity contribution in [2.45, 2.75) is 51.9 Å². The smallest absolute Gasteiger partial charge is 0.260 e. The molecule has 0 radical (unpaired) electrons. The molecule has 52 heavy (non-hydrogen) atoms. The summed E-state index contributed by atoms with van der Waals surface area (Å²) >= 11 is 0. The number of anilines is 2. The summed E-state index contributed by atoms with van der Waals surface area (Å²) in [7, 11) is 0. The number of carbonyl (C=O) groups excluding carboxylic acids is 5. The van der Waals surface area contributed by atoms with Crippen LogP contribution in [0.1, 0.15) is 63.9 Å². The topological polar surface area (TPSA) is 124 Å². The minimum Gasteiger partial charge on any atom is -0.507 e. The number of rotatable bonds is 6. The molecule has 4 aromatic rings. The average Bonchev–Trinajstić information content (AvgIpc) is 3.52. The van der Waals surface area contributed by atoms with E-state index >= 15 is 4.79 Å². The van der Waals surface area contributed by atoms with Gasteiger partial charge in [-0.2, -0.15) is 5.01 Å². The molecule has 3 fully saturated rings. The molecule has 6 atom stereocenters. The van der Waals surface area contributed by atoms with E-state index in [0.29, 0.717) is 40.0 Å². The molecule has 9 nitrogen and oxygen atoms in total. The minimum absolute atomic E-state index is 0.121. The fraction of sp³-hybridized carbons (Fsp3) is 0.279. The van der Waals surface area contributed by atoms with Gasteiger partial charge in [0, 0.05) is 11.5 Å². The molecule has 6 unspecified atom stereocenters. The first-order valence-corrected chi connectivity index (χ1v) is 17.7. The van der Waals surface area contributed by atoms with Crippen molar-refractivity contribution in [2.24, 2.45) is 23.7 Å². The second kappa shape index (κ2) is 12.1. The SMILES string of the molecule is CC(=O)c1ccc(N2C(=O)C3CC=C4C(CC5C(=O)N(Nc6ccc(C)cc6)C(=O)C5(c5ccccc5)C4c4cc(C)c(O)c(C)c4)C3C2=O)cc1. The zero-order valence-electron chi connectivity index (χ0n) is 29.4. The first-order valence-electron chi connectivity index (χ1n) is 17.7. The lowest BCUT2D eigenvalue weighted by Crippen LogP contribution is -2.53. The third-order valence-corrected chi connectivity index (χ3v) is 11.8. The van der Waals surface area contributed by atoms with E-state index in [1.54, 1.807) is 24.3 Å². The summed E-state index contributed by atoms with van der Waals surface area (Å²) in [6, 6.07) is 27.1. The molecule has 262 valence electrons. The van der Waals surface area contributed by atoms with E-state index in [2.05, 4.69) is 5.43 Å². The number of phenols is 1. The predicted octanol–water partition coefficient (Wildman–Crippen LogP) is 6.71. The van der Waals surface area contributed by atoms with Crippen molar-refractivity contribution in [3.8, 4) is 5.75 Å². The number of benzene rings is 4. The van der Waals surface area contributed by atoms with Gasteiger partial charge < -0.3 is 5.11 Å². The fourth-order valence-electron chi connectivity index (χ4n) is 9.38. The quantitative estimate of drug-likeness (QED) is 0.131. The molecule has 4 amide bonds. The number of aromatic hydroxyl groups is 1. The predicted molar refractivity (Wildman–Crippen MR) is 195 cm³/mol. The van der Waals surface area contributed by atoms with Crippen molar-refractivity contribution in [1.29, 1.82) is 0 Å². The Morgan fingerprint density at radius 3 is 2.10 bits per heavy atom. The molecule has 0 spiro atoms. The Morgan fingerprint density at radius 2 is 1.46 bits per heavy atom. The van der Waals surface area contributed by atoms with Crippen LogP contribution in [0.25, 0.3) is 0 Å². The van der Waals surface area contributed by atoms with E-state index in [4.69, 9.17) is 0 Å². The summed E-state index contributed by atoms with van der Waals surface area (Å²) in [5, 5.41) is 12.0. The maximum absolute atomic E-state index is 15.3. The molecule has 8 rings (SSSR count). The first-order chi connectivity index (χ1) is 24.9. The molecule has 2 aliphatic carbocycles. The van der Waals surface area contributed by atoms with Crippen molar-refractivity contribution in [1.82, 2.24) is 5.01 Å². The average molecular weight is 694 g/mol. The van der Waals surface area contributed by atoms with Crippen LogP contribution in [-0.2, 0) is 24.6 Å². The summed E-state index contributed by atoms with van der Waals surface area (Å²) in [5.41, 5.74) is 7.76. The lowest BCUT2D eigenvalue weighted by molar-refractivity contribution is -0.138. The Morgan fingerprint density at radius 1 is 0.808 bits per heavy atom. The molecule has 2 heterocycles. The molecule has 4 aromatic carbocycles. The number of hydrogen-bond donors (Lipinski definition) is 2. The number of carbonyl (C=O) groups is 5. The number of ketones is 1. The molecule has 0 bridgehead atoms. The second-order valence-electron chi connectivity index (χ2n) is 14.7. The van der Waals surface area contributed by atoms with Gasteiger partial charge in [0.2, 0.25) is 11.8 Å². The number of hydrazine groups is 1. The summed E-state index contributed by atoms with van der Waals surface area (Å²) < 4.78 is 0. The van der Waals surface area contributed by atoms with Crippen molar-refractivity contribution in [3.63, 3.8) is 0 Å². The van der Waals surface area contributed by atoms with Crippen LogP contribution in [0.3, 0.4) is 0 Å². The number of imide groups is 2. The van der Waals surface area contributed by atoms with Gasteiger partial charge in [0.05, 0.1) is 34.5 Å². The van der Waals surface area contributed by atoms with Gasteiger partial charge >= 0.3 is 0 Å². The number of amides is 4. The second-order valence-corrected chi connectivity index (χ2v) is 14.7. The van der Waals surface area contributed by atoms with Gasteiger partial charge in [-0.15, -0.1) is 0 Å². The van der Waals surface area contributed by atoms with Crippen LogP contribution >= 0.6 is 0 Å². The van der Waals surface area contributed by atoms with E-state index in [1.165, 1.54) is 11.8 Å². The van der Waals surface area contributed by atoms with Crippen LogP contribution in [0.5, 0.6) is 5.75 Å². The van der Waals surface area contributed by atoms with Gasteiger partial charge in [-0.3, -0.25) is 34.3 Å². The Kier molecular flexibility index (Phi) is 7.78. The molecule has 9 heteroatoms. The highest BCUT2D eigenvalue weighted by molar-refractivity contribution is 6.22. The lowest BCUT2D eigenvalue weighted by atomic mass is 9.49. The lowest BCUT2D eigenvalue weighted by Gasteiger charge is -2.50. The van der Waals surface area contributed by atoms with Gasteiger partial charge in [0.25, 0.3) is 11.8 Å². The van der Waals surface area contributed by atoms with E-state index in [1.807, 2.05) is 93.6 Å². The highest BCUT2D eigenvalue weighted by Gasteiger charge is 2.70. The van der Waals surface area contributed by atoms with Gasteiger partial charge in [-0.1, -0.05) is 71.8 Å². The number of nitrogens with zero attached hydrogens (tertiary/aromatic N) is 2. The molecule has 2 saturated heterocycles. The van der Waals surface area contributed by atoms with Gasteiger partial charge in [0.15, 0.2) is 5.78 Å². The summed E-state index contributed by atoms with van der Waals surface area (Å²) in [6.45, 7) is 7.04. The Hall–Kier alpha value is -5.83. The van der Waals surface area contributed by atoms with Crippen LogP contribution < -0.4 is 10.3 Å². The van der Waals surface area contributed by atoms with Crippen LogP contribution in [0, 0.1) is 44.4 Å². The molecule has 4 aliphatic rings. The third kappa shape index (κ3) is 4.78. The molecule has 1 saturated carbocycles. The number of allylic oxidation sites excluding steroid dienone is 2. The van der Waals surface area contributed by atoms with E-state index in [-0.39, 0.29) is 29.8 Å². The Balaban J connectivity index is 1.31. The zero-order chi connectivity index (χ0) is 36.6. The monoisotopic (exact) mass is 693 g/mol. The van der Waals surface area contributed by atoms with Crippen LogP contribution in [0.15, 0.2) is 103 Å². The Labute approximate surface area is 301 Å². The highest BCUT2D eigenvalue weighted by atomic mass is 16.3. The maximum Gasteiger partial charge on any atom is 0.260 e. The van der Waals surface area contributed by atoms with Crippen LogP contribution in [0.4, 0.5) is 11.4 Å². The number of hydrogen-bond acceptors (Lipinski definition) is 7. The van der Waals surface area contributed by atoms with Crippen LogP contribution in [0.2, 0.25) is 0 Å². The van der Waals surface area contributed by atoms with E-state index < -0.39 is 46.8 Å². The normalized spacial score (nSPS) is 26.5. The number of aryl methyl sites for hydroxylation is 3. The van der Waals surface area contributed by atoms with Gasteiger partial charge in [0.1, 0.15) is 5.75 Å². The van der Waals surface area contributed by atoms with Crippen LogP contribution in [-0.4, -0.2) is 39.5 Å². The number of phenolic OH excluding ortho intramolecular Hbond substituents is 1. The molecular weight excluding hydrogens is 654 g/mol. The third-order valence-electron chi connectivity index (χ3n) is 11.8. The maximum atomic E-state index is 15.3. The standard InChI is InChI=1S/C43H39N3O6/c1-23-10-14-30(15-11-23)44-46-40(50)35-22-34-32(18-19-33-36(34)41(51)45(39(33)49)31-16-12-27(13-17-31)26(4)47)37(28-20-24(2)38(48)25(3)21-28)43(35,42(46)52)29-8-6-5-7-9-29/h5-18,20-21,33-37,44,48H,19,22H2,1-4H3. The minimum atomic E-state index is -1.39.